The minimum Gasteiger partial charge on any atom is -0.370 e. The van der Waals surface area contributed by atoms with Crippen LogP contribution >= 0.6 is 0 Å². The maximum absolute atomic E-state index is 7.39. The van der Waals surface area contributed by atoms with E-state index in [0.29, 0.717) is 0 Å². The molecule has 0 bridgehead atoms. The SMILES string of the molecule is C=C(C)/C=C\C(=C/C)N1CCN(C(=N)N)CC1. The van der Waals surface area contributed by atoms with E-state index in [1.54, 1.807) is 0 Å². The molecular formula is C13H22N4. The molecule has 1 aliphatic heterocycles. The first kappa shape index (κ1) is 13.4. The number of nitrogens with one attached hydrogen (secondary N) is 1. The Morgan fingerprint density at radius 2 is 1.71 bits per heavy atom. The molecular weight excluding hydrogens is 212 g/mol. The first-order valence-corrected chi connectivity index (χ1v) is 5.88. The van der Waals surface area contributed by atoms with Gasteiger partial charge in [-0.2, -0.15) is 0 Å². The first-order chi connectivity index (χ1) is 8.04. The van der Waals surface area contributed by atoms with Gasteiger partial charge in [-0.15, -0.1) is 0 Å². The average molecular weight is 234 g/mol. The van der Waals surface area contributed by atoms with Crippen molar-refractivity contribution >= 4 is 5.96 Å². The summed E-state index contributed by atoms with van der Waals surface area (Å²) in [5, 5.41) is 7.39. The third-order valence-electron chi connectivity index (χ3n) is 2.82. The topological polar surface area (TPSA) is 56.4 Å². The Bertz CT molecular complexity index is 346. The third-order valence-corrected chi connectivity index (χ3v) is 2.82. The molecule has 0 aromatic rings. The molecule has 0 radical (unpaired) electrons. The Labute approximate surface area is 104 Å². The summed E-state index contributed by atoms with van der Waals surface area (Å²) in [5.74, 6) is 0.171. The number of guanidine groups is 1. The number of rotatable bonds is 3. The van der Waals surface area contributed by atoms with Crippen molar-refractivity contribution in [2.24, 2.45) is 5.73 Å². The highest BCUT2D eigenvalue weighted by Gasteiger charge is 2.17. The van der Waals surface area contributed by atoms with Gasteiger partial charge in [0.15, 0.2) is 5.96 Å². The molecule has 0 aliphatic carbocycles. The van der Waals surface area contributed by atoms with Crippen LogP contribution in [0.15, 0.2) is 36.1 Å². The number of piperazine rings is 1. The smallest absolute Gasteiger partial charge is 0.188 e. The monoisotopic (exact) mass is 234 g/mol. The van der Waals surface area contributed by atoms with E-state index < -0.39 is 0 Å². The van der Waals surface area contributed by atoms with E-state index >= 15 is 0 Å². The fourth-order valence-electron chi connectivity index (χ4n) is 1.82. The molecule has 0 amide bonds. The summed E-state index contributed by atoms with van der Waals surface area (Å²) in [7, 11) is 0. The van der Waals surface area contributed by atoms with E-state index in [1.807, 2.05) is 24.8 Å². The molecule has 1 aliphatic rings. The van der Waals surface area contributed by atoms with Crippen LogP contribution in [0, 0.1) is 5.41 Å². The summed E-state index contributed by atoms with van der Waals surface area (Å²) >= 11 is 0. The molecule has 0 spiro atoms. The van der Waals surface area contributed by atoms with Gasteiger partial charge in [0, 0.05) is 31.9 Å². The van der Waals surface area contributed by atoms with Crippen LogP contribution in [0.25, 0.3) is 0 Å². The van der Waals surface area contributed by atoms with E-state index in [1.165, 1.54) is 5.70 Å². The molecule has 0 unspecified atom stereocenters. The van der Waals surface area contributed by atoms with Crippen molar-refractivity contribution in [2.75, 3.05) is 26.2 Å². The van der Waals surface area contributed by atoms with Crippen molar-refractivity contribution in [3.63, 3.8) is 0 Å². The maximum Gasteiger partial charge on any atom is 0.188 e. The molecule has 0 saturated carbocycles. The van der Waals surface area contributed by atoms with Gasteiger partial charge in [0.25, 0.3) is 0 Å². The van der Waals surface area contributed by atoms with E-state index in [-0.39, 0.29) is 5.96 Å². The number of nitrogens with zero attached hydrogens (tertiary/aromatic N) is 2. The largest absolute Gasteiger partial charge is 0.370 e. The van der Waals surface area contributed by atoms with Gasteiger partial charge >= 0.3 is 0 Å². The maximum atomic E-state index is 7.39. The summed E-state index contributed by atoms with van der Waals surface area (Å²) in [4.78, 5) is 4.20. The van der Waals surface area contributed by atoms with Crippen molar-refractivity contribution < 1.29 is 0 Å². The molecule has 1 heterocycles. The zero-order valence-corrected chi connectivity index (χ0v) is 10.7. The number of nitrogens with two attached hydrogens (primary N) is 1. The molecule has 4 heteroatoms. The van der Waals surface area contributed by atoms with E-state index in [9.17, 15) is 0 Å². The predicted octanol–water partition coefficient (Wildman–Crippen LogP) is 1.53. The molecule has 3 N–H and O–H groups in total. The minimum absolute atomic E-state index is 0.171. The molecule has 1 rings (SSSR count). The number of hydrogen-bond acceptors (Lipinski definition) is 2. The Kier molecular flexibility index (Phi) is 4.82. The van der Waals surface area contributed by atoms with Crippen LogP contribution in [0.1, 0.15) is 13.8 Å². The quantitative estimate of drug-likeness (QED) is 0.442. The van der Waals surface area contributed by atoms with Crippen LogP contribution in [-0.2, 0) is 0 Å². The lowest BCUT2D eigenvalue weighted by atomic mass is 10.2. The van der Waals surface area contributed by atoms with Crippen molar-refractivity contribution in [1.29, 1.82) is 5.41 Å². The van der Waals surface area contributed by atoms with E-state index in [0.717, 1.165) is 31.8 Å². The second-order valence-electron chi connectivity index (χ2n) is 4.25. The molecule has 1 saturated heterocycles. The summed E-state index contributed by atoms with van der Waals surface area (Å²) in [6, 6.07) is 0. The molecule has 0 aromatic carbocycles. The average Bonchev–Trinajstić information content (AvgIpc) is 2.30. The van der Waals surface area contributed by atoms with Crippen molar-refractivity contribution in [3.05, 3.63) is 36.1 Å². The second kappa shape index (κ2) is 6.13. The molecule has 0 aromatic heterocycles. The van der Waals surface area contributed by atoms with Gasteiger partial charge < -0.3 is 15.5 Å². The van der Waals surface area contributed by atoms with Crippen molar-refractivity contribution in [2.45, 2.75) is 13.8 Å². The van der Waals surface area contributed by atoms with Crippen LogP contribution in [0.5, 0.6) is 0 Å². The highest BCUT2D eigenvalue weighted by Crippen LogP contribution is 2.11. The van der Waals surface area contributed by atoms with Crippen LogP contribution < -0.4 is 5.73 Å². The Balaban J connectivity index is 2.57. The van der Waals surface area contributed by atoms with Crippen LogP contribution in [0.4, 0.5) is 0 Å². The summed E-state index contributed by atoms with van der Waals surface area (Å²) in [5.41, 5.74) is 7.72. The van der Waals surface area contributed by atoms with Gasteiger partial charge in [-0.3, -0.25) is 5.41 Å². The zero-order valence-electron chi connectivity index (χ0n) is 10.7. The van der Waals surface area contributed by atoms with Gasteiger partial charge in [-0.1, -0.05) is 24.3 Å². The lowest BCUT2D eigenvalue weighted by molar-refractivity contribution is 0.224. The minimum atomic E-state index is 0.171. The Morgan fingerprint density at radius 1 is 1.18 bits per heavy atom. The van der Waals surface area contributed by atoms with Crippen LogP contribution in [0.3, 0.4) is 0 Å². The van der Waals surface area contributed by atoms with Gasteiger partial charge in [0.1, 0.15) is 0 Å². The highest BCUT2D eigenvalue weighted by molar-refractivity contribution is 5.74. The van der Waals surface area contributed by atoms with Crippen molar-refractivity contribution in [3.8, 4) is 0 Å². The standard InChI is InChI=1S/C13H22N4/c1-4-12(6-5-11(2)3)16-7-9-17(10-8-16)13(14)15/h4-6H,2,7-10H2,1,3H3,(H3,14,15)/b6-5-,12-4+. The molecule has 17 heavy (non-hydrogen) atoms. The van der Waals surface area contributed by atoms with Crippen molar-refractivity contribution in [1.82, 2.24) is 9.80 Å². The van der Waals surface area contributed by atoms with E-state index in [2.05, 4.69) is 23.6 Å². The summed E-state index contributed by atoms with van der Waals surface area (Å²) in [6.45, 7) is 11.3. The molecule has 94 valence electrons. The lowest BCUT2D eigenvalue weighted by Crippen LogP contribution is -2.50. The van der Waals surface area contributed by atoms with E-state index in [4.69, 9.17) is 11.1 Å². The lowest BCUT2D eigenvalue weighted by Gasteiger charge is -2.36. The van der Waals surface area contributed by atoms with Crippen LogP contribution in [-0.4, -0.2) is 41.9 Å². The normalized spacial score (nSPS) is 17.6. The van der Waals surface area contributed by atoms with Gasteiger partial charge in [-0.05, 0) is 19.9 Å². The highest BCUT2D eigenvalue weighted by atomic mass is 15.3. The summed E-state index contributed by atoms with van der Waals surface area (Å²) < 4.78 is 0. The Morgan fingerprint density at radius 3 is 2.12 bits per heavy atom. The zero-order chi connectivity index (χ0) is 12.8. The molecule has 0 atom stereocenters. The van der Waals surface area contributed by atoms with Crippen LogP contribution in [0.2, 0.25) is 0 Å². The Hall–Kier alpha value is -1.71. The second-order valence-corrected chi connectivity index (χ2v) is 4.25. The molecule has 4 nitrogen and oxygen atoms in total. The predicted molar refractivity (Wildman–Crippen MR) is 72.8 cm³/mol. The third kappa shape index (κ3) is 3.98. The van der Waals surface area contributed by atoms with Gasteiger partial charge in [0.05, 0.1) is 0 Å². The number of allylic oxidation sites excluding steroid dienone is 4. The fraction of sp³-hybridized carbons (Fsp3) is 0.462. The molecule has 1 fully saturated rings. The summed E-state index contributed by atoms with van der Waals surface area (Å²) in [6.07, 6.45) is 6.21. The fourth-order valence-corrected chi connectivity index (χ4v) is 1.82. The van der Waals surface area contributed by atoms with Gasteiger partial charge in [-0.25, -0.2) is 0 Å². The first-order valence-electron chi connectivity index (χ1n) is 5.88. The number of hydrogen-bond donors (Lipinski definition) is 2. The van der Waals surface area contributed by atoms with Gasteiger partial charge in [0.2, 0.25) is 0 Å².